The minimum absolute atomic E-state index is 0.337. The second-order valence-corrected chi connectivity index (χ2v) is 4.79. The normalized spacial score (nSPS) is 12.5. The van der Waals surface area contributed by atoms with Crippen LogP contribution in [0.2, 0.25) is 0 Å². The van der Waals surface area contributed by atoms with E-state index in [-0.39, 0.29) is 5.97 Å². The Labute approximate surface area is 125 Å². The van der Waals surface area contributed by atoms with Gasteiger partial charge in [0.15, 0.2) is 6.10 Å². The van der Waals surface area contributed by atoms with Crippen LogP contribution in [-0.2, 0) is 9.53 Å². The van der Waals surface area contributed by atoms with E-state index in [1.807, 2.05) is 60.7 Å². The summed E-state index contributed by atoms with van der Waals surface area (Å²) in [5.74, 6) is -0.770. The Balaban J connectivity index is 2.27. The van der Waals surface area contributed by atoms with Crippen molar-refractivity contribution in [1.29, 1.82) is 0 Å². The van der Waals surface area contributed by atoms with Crippen molar-refractivity contribution in [3.63, 3.8) is 0 Å². The minimum atomic E-state index is -0.433. The quantitative estimate of drug-likeness (QED) is 0.783. The highest BCUT2D eigenvalue weighted by Gasteiger charge is 2.21. The van der Waals surface area contributed by atoms with Gasteiger partial charge in [-0.1, -0.05) is 66.7 Å². The van der Waals surface area contributed by atoms with Crippen molar-refractivity contribution in [2.45, 2.75) is 13.0 Å². The largest absolute Gasteiger partial charge is 0.452 e. The van der Waals surface area contributed by atoms with Crippen LogP contribution in [0.25, 0.3) is 0 Å². The third-order valence-corrected chi connectivity index (χ3v) is 3.20. The lowest BCUT2D eigenvalue weighted by molar-refractivity contribution is -0.150. The molecule has 2 rings (SSSR count). The molecule has 0 fully saturated rings. The van der Waals surface area contributed by atoms with E-state index >= 15 is 0 Å². The van der Waals surface area contributed by atoms with Crippen LogP contribution in [-0.4, -0.2) is 5.97 Å². The van der Waals surface area contributed by atoms with Gasteiger partial charge in [-0.05, 0) is 18.1 Å². The lowest BCUT2D eigenvalue weighted by Gasteiger charge is -2.20. The van der Waals surface area contributed by atoms with E-state index in [1.54, 1.807) is 6.92 Å². The standard InChI is InChI=1S/C18H18NO2/c1-14(12-13-19)18(20)21-17(15-8-4-2-5-9-15)16-10-6-3-7-11-16/h2-14,17,19H,1H3/b13-12+. The molecule has 0 saturated heterocycles. The van der Waals surface area contributed by atoms with Crippen LogP contribution < -0.4 is 5.73 Å². The van der Waals surface area contributed by atoms with Crippen molar-refractivity contribution >= 4 is 5.97 Å². The highest BCUT2D eigenvalue weighted by molar-refractivity contribution is 5.74. The van der Waals surface area contributed by atoms with E-state index in [0.29, 0.717) is 0 Å². The van der Waals surface area contributed by atoms with E-state index in [2.05, 4.69) is 0 Å². The third kappa shape index (κ3) is 3.96. The molecule has 0 saturated carbocycles. The molecule has 0 aliphatic heterocycles. The van der Waals surface area contributed by atoms with E-state index in [1.165, 1.54) is 6.08 Å². The van der Waals surface area contributed by atoms with Crippen LogP contribution in [0, 0.1) is 5.92 Å². The van der Waals surface area contributed by atoms with Crippen molar-refractivity contribution in [3.05, 3.63) is 84.1 Å². The summed E-state index contributed by atoms with van der Waals surface area (Å²) in [5.41, 5.74) is 8.91. The zero-order valence-corrected chi connectivity index (χ0v) is 11.9. The van der Waals surface area contributed by atoms with Gasteiger partial charge in [0.1, 0.15) is 0 Å². The van der Waals surface area contributed by atoms with E-state index < -0.39 is 12.0 Å². The van der Waals surface area contributed by atoms with Gasteiger partial charge in [0.2, 0.25) is 0 Å². The summed E-state index contributed by atoms with van der Waals surface area (Å²) in [6.45, 7) is 1.72. The summed E-state index contributed by atoms with van der Waals surface area (Å²) in [5, 5.41) is 0. The maximum atomic E-state index is 12.1. The number of benzene rings is 2. The molecule has 3 nitrogen and oxygen atoms in total. The van der Waals surface area contributed by atoms with Crippen molar-refractivity contribution < 1.29 is 9.53 Å². The molecule has 0 amide bonds. The topological polar surface area (TPSA) is 50.1 Å². The second-order valence-electron chi connectivity index (χ2n) is 4.79. The highest BCUT2D eigenvalue weighted by Crippen LogP contribution is 2.26. The molecule has 0 aromatic heterocycles. The Morgan fingerprint density at radius 2 is 1.48 bits per heavy atom. The first-order valence-electron chi connectivity index (χ1n) is 6.86. The van der Waals surface area contributed by atoms with Gasteiger partial charge in [-0.3, -0.25) is 4.79 Å². The smallest absolute Gasteiger partial charge is 0.313 e. The van der Waals surface area contributed by atoms with Gasteiger partial charge in [-0.15, -0.1) is 0 Å². The first kappa shape index (κ1) is 14.9. The number of nitrogens with one attached hydrogen (secondary N) is 1. The average molecular weight is 280 g/mol. The molecular weight excluding hydrogens is 262 g/mol. The fourth-order valence-corrected chi connectivity index (χ4v) is 2.03. The zero-order valence-electron chi connectivity index (χ0n) is 11.9. The SMILES string of the molecule is CC(/C=C/[NH])C(=O)OC(c1ccccc1)c1ccccc1. The van der Waals surface area contributed by atoms with Gasteiger partial charge in [-0.2, -0.15) is 0 Å². The van der Waals surface area contributed by atoms with Gasteiger partial charge in [0.05, 0.1) is 5.92 Å². The third-order valence-electron chi connectivity index (χ3n) is 3.20. The molecular formula is C18H18NO2. The highest BCUT2D eigenvalue weighted by atomic mass is 16.5. The Morgan fingerprint density at radius 3 is 1.90 bits per heavy atom. The van der Waals surface area contributed by atoms with Crippen LogP contribution in [0.15, 0.2) is 72.9 Å². The zero-order chi connectivity index (χ0) is 15.1. The minimum Gasteiger partial charge on any atom is -0.452 e. The molecule has 0 heterocycles. The Morgan fingerprint density at radius 1 is 1.00 bits per heavy atom. The Hall–Kier alpha value is -2.55. The Kier molecular flexibility index (Phi) is 5.16. The number of hydrogen-bond donors (Lipinski definition) is 0. The van der Waals surface area contributed by atoms with Crippen LogP contribution in [0.5, 0.6) is 0 Å². The van der Waals surface area contributed by atoms with Crippen LogP contribution in [0.3, 0.4) is 0 Å². The summed E-state index contributed by atoms with van der Waals surface area (Å²) in [4.78, 5) is 12.1. The van der Waals surface area contributed by atoms with Crippen molar-refractivity contribution in [1.82, 2.24) is 5.73 Å². The fourth-order valence-electron chi connectivity index (χ4n) is 2.03. The summed E-state index contributed by atoms with van der Waals surface area (Å²) in [7, 11) is 0. The summed E-state index contributed by atoms with van der Waals surface area (Å²) in [6.07, 6.45) is 2.20. The number of esters is 1. The molecule has 1 atom stereocenters. The molecule has 3 heteroatoms. The monoisotopic (exact) mass is 280 g/mol. The lowest BCUT2D eigenvalue weighted by Crippen LogP contribution is -2.17. The molecule has 1 unspecified atom stereocenters. The number of rotatable bonds is 5. The van der Waals surface area contributed by atoms with Gasteiger partial charge < -0.3 is 10.5 Å². The molecule has 0 aliphatic carbocycles. The maximum absolute atomic E-state index is 12.1. The summed E-state index contributed by atoms with van der Waals surface area (Å²) >= 11 is 0. The lowest BCUT2D eigenvalue weighted by atomic mass is 10.0. The Bertz CT molecular complexity index is 554. The predicted molar refractivity (Wildman–Crippen MR) is 82.2 cm³/mol. The molecule has 2 aromatic carbocycles. The number of carbonyl (C=O) groups excluding carboxylic acids is 1. The number of carbonyl (C=O) groups is 1. The molecule has 0 spiro atoms. The molecule has 1 radical (unpaired) electrons. The van der Waals surface area contributed by atoms with Gasteiger partial charge >= 0.3 is 5.97 Å². The molecule has 107 valence electrons. The molecule has 2 aromatic rings. The summed E-state index contributed by atoms with van der Waals surface area (Å²) in [6, 6.07) is 19.3. The van der Waals surface area contributed by atoms with E-state index in [4.69, 9.17) is 10.5 Å². The van der Waals surface area contributed by atoms with E-state index in [9.17, 15) is 4.79 Å². The van der Waals surface area contributed by atoms with Crippen molar-refractivity contribution in [2.24, 2.45) is 5.92 Å². The second kappa shape index (κ2) is 7.29. The molecule has 1 N–H and O–H groups in total. The van der Waals surface area contributed by atoms with Crippen molar-refractivity contribution in [3.8, 4) is 0 Å². The number of ether oxygens (including phenoxy) is 1. The van der Waals surface area contributed by atoms with Crippen LogP contribution in [0.4, 0.5) is 0 Å². The van der Waals surface area contributed by atoms with E-state index in [0.717, 1.165) is 17.3 Å². The molecule has 0 aliphatic rings. The van der Waals surface area contributed by atoms with Gasteiger partial charge in [-0.25, -0.2) is 0 Å². The maximum Gasteiger partial charge on any atom is 0.313 e. The average Bonchev–Trinajstić information content (AvgIpc) is 2.54. The van der Waals surface area contributed by atoms with Crippen molar-refractivity contribution in [2.75, 3.05) is 0 Å². The summed E-state index contributed by atoms with van der Waals surface area (Å²) < 4.78 is 5.66. The first-order valence-corrected chi connectivity index (χ1v) is 6.86. The molecule has 0 bridgehead atoms. The molecule has 21 heavy (non-hydrogen) atoms. The van der Waals surface area contributed by atoms with Crippen LogP contribution in [0.1, 0.15) is 24.2 Å². The number of hydrogen-bond acceptors (Lipinski definition) is 2. The fraction of sp³-hybridized carbons (Fsp3) is 0.167. The predicted octanol–water partition coefficient (Wildman–Crippen LogP) is 3.75. The first-order chi connectivity index (χ1) is 10.2. The van der Waals surface area contributed by atoms with Gasteiger partial charge in [0, 0.05) is 6.20 Å². The van der Waals surface area contributed by atoms with Gasteiger partial charge in [0.25, 0.3) is 0 Å². The van der Waals surface area contributed by atoms with Crippen LogP contribution >= 0.6 is 0 Å².